The van der Waals surface area contributed by atoms with Gasteiger partial charge in [0, 0.05) is 5.69 Å². The Balaban J connectivity index is 2.21. The first-order chi connectivity index (χ1) is 9.79. The number of hydrogen-bond donors (Lipinski definition) is 2. The van der Waals surface area contributed by atoms with E-state index < -0.39 is 10.0 Å². The average Bonchev–Trinajstić information content (AvgIpc) is 2.71. The standard InChI is InChI=1S/C14H19N3O3S/c1-9(2)20-13-7-5-12(6-8-13)17-21(18,19)14-10(3)15-16-11(14)4/h5-9,17H,1-4H3,(H,15,16). The predicted molar refractivity (Wildman–Crippen MR) is 81.1 cm³/mol. The SMILES string of the molecule is Cc1n[nH]c(C)c1S(=O)(=O)Nc1ccc(OC(C)C)cc1. The Morgan fingerprint density at radius 2 is 1.81 bits per heavy atom. The van der Waals surface area contributed by atoms with Gasteiger partial charge in [0.2, 0.25) is 0 Å². The average molecular weight is 309 g/mol. The van der Waals surface area contributed by atoms with Gasteiger partial charge >= 0.3 is 0 Å². The molecule has 0 amide bonds. The molecule has 0 aliphatic heterocycles. The van der Waals surface area contributed by atoms with E-state index in [-0.39, 0.29) is 11.0 Å². The normalized spacial score (nSPS) is 11.7. The van der Waals surface area contributed by atoms with E-state index in [2.05, 4.69) is 14.9 Å². The molecular formula is C14H19N3O3S. The molecule has 2 N–H and O–H groups in total. The van der Waals surface area contributed by atoms with Gasteiger partial charge in [0.15, 0.2) is 0 Å². The maximum Gasteiger partial charge on any atom is 0.265 e. The summed E-state index contributed by atoms with van der Waals surface area (Å²) in [7, 11) is -3.65. The van der Waals surface area contributed by atoms with Crippen molar-refractivity contribution in [1.82, 2.24) is 10.2 Å². The van der Waals surface area contributed by atoms with Crippen LogP contribution in [0.25, 0.3) is 0 Å². The largest absolute Gasteiger partial charge is 0.491 e. The van der Waals surface area contributed by atoms with E-state index >= 15 is 0 Å². The van der Waals surface area contributed by atoms with Crippen molar-refractivity contribution in [3.05, 3.63) is 35.7 Å². The minimum absolute atomic E-state index is 0.0729. The number of H-pyrrole nitrogens is 1. The first-order valence-electron chi connectivity index (χ1n) is 6.60. The summed E-state index contributed by atoms with van der Waals surface area (Å²) in [5, 5.41) is 6.58. The summed E-state index contributed by atoms with van der Waals surface area (Å²) in [6.07, 6.45) is 0.0729. The molecule has 0 aliphatic rings. The lowest BCUT2D eigenvalue weighted by molar-refractivity contribution is 0.242. The molecule has 114 valence electrons. The van der Waals surface area contributed by atoms with Gasteiger partial charge in [0.1, 0.15) is 10.6 Å². The van der Waals surface area contributed by atoms with Crippen LogP contribution in [0.15, 0.2) is 29.2 Å². The maximum absolute atomic E-state index is 12.4. The quantitative estimate of drug-likeness (QED) is 0.889. The van der Waals surface area contributed by atoms with Gasteiger partial charge in [-0.1, -0.05) is 0 Å². The third-order valence-corrected chi connectivity index (χ3v) is 4.45. The van der Waals surface area contributed by atoms with Crippen molar-refractivity contribution in [3.63, 3.8) is 0 Å². The van der Waals surface area contributed by atoms with Gasteiger partial charge in [0.05, 0.1) is 17.5 Å². The highest BCUT2D eigenvalue weighted by Gasteiger charge is 2.22. The Bertz CT molecular complexity index is 699. The molecule has 7 heteroatoms. The number of nitrogens with zero attached hydrogens (tertiary/aromatic N) is 1. The molecule has 0 unspecified atom stereocenters. The summed E-state index contributed by atoms with van der Waals surface area (Å²) in [4.78, 5) is 0.185. The zero-order valence-electron chi connectivity index (χ0n) is 12.5. The van der Waals surface area contributed by atoms with Crippen LogP contribution in [0.4, 0.5) is 5.69 Å². The van der Waals surface area contributed by atoms with E-state index in [4.69, 9.17) is 4.74 Å². The van der Waals surface area contributed by atoms with E-state index in [9.17, 15) is 8.42 Å². The summed E-state index contributed by atoms with van der Waals surface area (Å²) in [5.74, 6) is 0.698. The van der Waals surface area contributed by atoms with Crippen LogP contribution in [0.1, 0.15) is 25.2 Å². The lowest BCUT2D eigenvalue weighted by atomic mass is 10.3. The Labute approximate surface area is 124 Å². The van der Waals surface area contributed by atoms with E-state index in [1.165, 1.54) is 0 Å². The predicted octanol–water partition coefficient (Wildman–Crippen LogP) is 2.61. The summed E-state index contributed by atoms with van der Waals surface area (Å²) in [5.41, 5.74) is 1.44. The number of benzene rings is 1. The van der Waals surface area contributed by atoms with Crippen molar-refractivity contribution in [2.45, 2.75) is 38.7 Å². The highest BCUT2D eigenvalue weighted by molar-refractivity contribution is 7.92. The van der Waals surface area contributed by atoms with E-state index in [1.54, 1.807) is 38.1 Å². The Hall–Kier alpha value is -2.02. The molecule has 0 spiro atoms. The number of nitrogens with one attached hydrogen (secondary N) is 2. The van der Waals surface area contributed by atoms with Crippen molar-refractivity contribution >= 4 is 15.7 Å². The Morgan fingerprint density at radius 3 is 2.29 bits per heavy atom. The van der Waals surface area contributed by atoms with Crippen molar-refractivity contribution < 1.29 is 13.2 Å². The third-order valence-electron chi connectivity index (χ3n) is 2.81. The molecule has 1 heterocycles. The molecule has 0 atom stereocenters. The number of aromatic amines is 1. The smallest absolute Gasteiger partial charge is 0.265 e. The molecule has 0 saturated heterocycles. The molecule has 0 saturated carbocycles. The van der Waals surface area contributed by atoms with E-state index in [0.717, 1.165) is 0 Å². The Morgan fingerprint density at radius 1 is 1.19 bits per heavy atom. The monoisotopic (exact) mass is 309 g/mol. The molecule has 1 aromatic carbocycles. The number of aromatic nitrogens is 2. The summed E-state index contributed by atoms with van der Waals surface area (Å²) in [6, 6.07) is 6.79. The molecule has 21 heavy (non-hydrogen) atoms. The minimum atomic E-state index is -3.65. The van der Waals surface area contributed by atoms with Crippen molar-refractivity contribution in [3.8, 4) is 5.75 Å². The molecule has 0 bridgehead atoms. The topological polar surface area (TPSA) is 84.1 Å². The van der Waals surface area contributed by atoms with E-state index in [0.29, 0.717) is 22.8 Å². The van der Waals surface area contributed by atoms with Crippen LogP contribution >= 0.6 is 0 Å². The lowest BCUT2D eigenvalue weighted by Gasteiger charge is -2.11. The highest BCUT2D eigenvalue weighted by atomic mass is 32.2. The summed E-state index contributed by atoms with van der Waals surface area (Å²) < 4.78 is 32.8. The van der Waals surface area contributed by atoms with Crippen molar-refractivity contribution in [1.29, 1.82) is 0 Å². The molecule has 6 nitrogen and oxygen atoms in total. The van der Waals surface area contributed by atoms with Gasteiger partial charge in [-0.25, -0.2) is 8.42 Å². The van der Waals surface area contributed by atoms with Crippen LogP contribution in [-0.4, -0.2) is 24.7 Å². The van der Waals surface area contributed by atoms with Crippen LogP contribution in [0.2, 0.25) is 0 Å². The second-order valence-corrected chi connectivity index (χ2v) is 6.68. The second-order valence-electron chi connectivity index (χ2n) is 5.06. The molecule has 0 radical (unpaired) electrons. The van der Waals surface area contributed by atoms with Gasteiger partial charge in [-0.2, -0.15) is 5.10 Å². The van der Waals surface area contributed by atoms with Gasteiger partial charge < -0.3 is 4.74 Å². The number of ether oxygens (including phenoxy) is 1. The highest BCUT2D eigenvalue weighted by Crippen LogP contribution is 2.22. The van der Waals surface area contributed by atoms with Gasteiger partial charge in [0.25, 0.3) is 10.0 Å². The first-order valence-corrected chi connectivity index (χ1v) is 8.09. The van der Waals surface area contributed by atoms with Crippen molar-refractivity contribution in [2.24, 2.45) is 0 Å². The number of rotatable bonds is 5. The fraction of sp³-hybridized carbons (Fsp3) is 0.357. The van der Waals surface area contributed by atoms with Crippen LogP contribution in [0.5, 0.6) is 5.75 Å². The van der Waals surface area contributed by atoms with Crippen LogP contribution in [0, 0.1) is 13.8 Å². The van der Waals surface area contributed by atoms with Crippen LogP contribution < -0.4 is 9.46 Å². The zero-order valence-corrected chi connectivity index (χ0v) is 13.3. The molecule has 0 fully saturated rings. The second kappa shape index (κ2) is 5.77. The number of hydrogen-bond acceptors (Lipinski definition) is 4. The molecule has 2 rings (SSSR count). The van der Waals surface area contributed by atoms with Gasteiger partial charge in [-0.05, 0) is 52.0 Å². The summed E-state index contributed by atoms with van der Waals surface area (Å²) in [6.45, 7) is 7.19. The molecular weight excluding hydrogens is 290 g/mol. The minimum Gasteiger partial charge on any atom is -0.491 e. The zero-order chi connectivity index (χ0) is 15.6. The van der Waals surface area contributed by atoms with Crippen LogP contribution in [-0.2, 0) is 10.0 Å². The van der Waals surface area contributed by atoms with E-state index in [1.807, 2.05) is 13.8 Å². The van der Waals surface area contributed by atoms with Gasteiger partial charge in [-0.3, -0.25) is 9.82 Å². The number of sulfonamides is 1. The third kappa shape index (κ3) is 3.55. The molecule has 0 aliphatic carbocycles. The molecule has 1 aromatic heterocycles. The van der Waals surface area contributed by atoms with Crippen LogP contribution in [0.3, 0.4) is 0 Å². The molecule has 2 aromatic rings. The number of aryl methyl sites for hydroxylation is 2. The first kappa shape index (κ1) is 15.4. The maximum atomic E-state index is 12.4. The summed E-state index contributed by atoms with van der Waals surface area (Å²) >= 11 is 0. The van der Waals surface area contributed by atoms with Crippen molar-refractivity contribution in [2.75, 3.05) is 4.72 Å². The lowest BCUT2D eigenvalue weighted by Crippen LogP contribution is -2.14. The van der Waals surface area contributed by atoms with Gasteiger partial charge in [-0.15, -0.1) is 0 Å². The number of anilines is 1. The fourth-order valence-corrected chi connectivity index (χ4v) is 3.45. The Kier molecular flexibility index (Phi) is 4.22. The fourth-order valence-electron chi connectivity index (χ4n) is 2.02.